The van der Waals surface area contributed by atoms with Crippen molar-refractivity contribution in [2.24, 2.45) is 0 Å². The molecule has 0 unspecified atom stereocenters. The monoisotopic (exact) mass is 268 g/mol. The average Bonchev–Trinajstić information content (AvgIpc) is 2.45. The van der Waals surface area contributed by atoms with Gasteiger partial charge in [0, 0.05) is 30.2 Å². The van der Waals surface area contributed by atoms with Gasteiger partial charge in [-0.2, -0.15) is 0 Å². The van der Waals surface area contributed by atoms with Gasteiger partial charge in [0.1, 0.15) is 5.82 Å². The fourth-order valence-electron chi connectivity index (χ4n) is 2.84. The number of ketones is 1. The third-order valence-corrected chi connectivity index (χ3v) is 3.81. The van der Waals surface area contributed by atoms with E-state index in [-0.39, 0.29) is 11.7 Å². The van der Waals surface area contributed by atoms with Crippen LogP contribution in [0, 0.1) is 0 Å². The first kappa shape index (κ1) is 12.7. The van der Waals surface area contributed by atoms with Crippen LogP contribution in [0.2, 0.25) is 0 Å². The van der Waals surface area contributed by atoms with E-state index in [1.807, 2.05) is 30.0 Å². The summed E-state index contributed by atoms with van der Waals surface area (Å²) >= 11 is 0. The lowest BCUT2D eigenvalue weighted by Gasteiger charge is -2.37. The number of amides is 1. The molecule has 2 aliphatic rings. The third kappa shape index (κ3) is 1.84. The lowest BCUT2D eigenvalue weighted by molar-refractivity contribution is -0.116. The molecule has 1 aromatic rings. The molecule has 0 saturated carbocycles. The first-order chi connectivity index (χ1) is 9.61. The highest BCUT2D eigenvalue weighted by atomic mass is 16.1. The van der Waals surface area contributed by atoms with Crippen molar-refractivity contribution in [1.29, 1.82) is 0 Å². The minimum atomic E-state index is -0.165. The quantitative estimate of drug-likeness (QED) is 0.835. The minimum Gasteiger partial charge on any atom is -0.327 e. The molecular formula is C16H16N2O2. The molecule has 0 aromatic heterocycles. The Kier molecular flexibility index (Phi) is 2.93. The number of hydrogen-bond donors (Lipinski definition) is 1. The maximum absolute atomic E-state index is 12.0. The van der Waals surface area contributed by atoms with Crippen LogP contribution in [0.15, 0.2) is 36.7 Å². The maximum atomic E-state index is 12.0. The maximum Gasteiger partial charge on any atom is 0.251 e. The molecule has 1 N–H and O–H groups in total. The lowest BCUT2D eigenvalue weighted by atomic mass is 9.89. The Morgan fingerprint density at radius 2 is 2.25 bits per heavy atom. The highest BCUT2D eigenvalue weighted by Crippen LogP contribution is 2.34. The van der Waals surface area contributed by atoms with Gasteiger partial charge in [0.2, 0.25) is 0 Å². The number of benzene rings is 1. The molecule has 0 bridgehead atoms. The second-order valence-corrected chi connectivity index (χ2v) is 4.98. The van der Waals surface area contributed by atoms with Crippen LogP contribution in [0.3, 0.4) is 0 Å². The largest absolute Gasteiger partial charge is 0.327 e. The van der Waals surface area contributed by atoms with E-state index in [2.05, 4.69) is 11.9 Å². The molecule has 0 aliphatic carbocycles. The Labute approximate surface area is 117 Å². The van der Waals surface area contributed by atoms with E-state index in [4.69, 9.17) is 0 Å². The third-order valence-electron chi connectivity index (χ3n) is 3.81. The topological polar surface area (TPSA) is 49.4 Å². The molecule has 0 fully saturated rings. The van der Waals surface area contributed by atoms with Crippen molar-refractivity contribution in [3.05, 3.63) is 53.4 Å². The molecule has 1 amide bonds. The van der Waals surface area contributed by atoms with Gasteiger partial charge in [-0.25, -0.2) is 0 Å². The van der Waals surface area contributed by atoms with Crippen LogP contribution in [0.5, 0.6) is 0 Å². The standard InChI is InChI=1S/C16H16N2O2/c1-3-15(19)13-6-4-5-12-11(13)7-8-18-10(2)17-16(20)9-14(12)18/h4-6,9H,2-3,7-8H2,1H3,(H,17,20). The molecule has 2 aliphatic heterocycles. The fourth-order valence-corrected chi connectivity index (χ4v) is 2.84. The summed E-state index contributed by atoms with van der Waals surface area (Å²) in [7, 11) is 0. The fraction of sp³-hybridized carbons (Fsp3) is 0.250. The molecule has 0 spiro atoms. The summed E-state index contributed by atoms with van der Waals surface area (Å²) in [5, 5.41) is 2.71. The molecule has 4 nitrogen and oxygen atoms in total. The molecule has 20 heavy (non-hydrogen) atoms. The van der Waals surface area contributed by atoms with Crippen molar-refractivity contribution in [3.63, 3.8) is 0 Å². The zero-order valence-corrected chi connectivity index (χ0v) is 11.4. The molecule has 4 heteroatoms. The van der Waals surface area contributed by atoms with Crippen molar-refractivity contribution in [3.8, 4) is 0 Å². The number of carbonyl (C=O) groups excluding carboxylic acids is 2. The van der Waals surface area contributed by atoms with E-state index in [0.29, 0.717) is 12.2 Å². The summed E-state index contributed by atoms with van der Waals surface area (Å²) in [6.07, 6.45) is 2.85. The zero-order chi connectivity index (χ0) is 14.3. The van der Waals surface area contributed by atoms with Crippen LogP contribution in [0.25, 0.3) is 5.70 Å². The van der Waals surface area contributed by atoms with Crippen molar-refractivity contribution in [1.82, 2.24) is 10.2 Å². The Bertz CT molecular complexity index is 658. The highest BCUT2D eigenvalue weighted by Gasteiger charge is 2.29. The molecule has 0 radical (unpaired) electrons. The van der Waals surface area contributed by atoms with Gasteiger partial charge in [0.25, 0.3) is 5.91 Å². The van der Waals surface area contributed by atoms with E-state index in [1.54, 1.807) is 6.08 Å². The summed E-state index contributed by atoms with van der Waals surface area (Å²) in [6, 6.07) is 5.71. The summed E-state index contributed by atoms with van der Waals surface area (Å²) in [4.78, 5) is 25.7. The van der Waals surface area contributed by atoms with Gasteiger partial charge < -0.3 is 10.2 Å². The van der Waals surface area contributed by atoms with Crippen LogP contribution in [0.4, 0.5) is 0 Å². The molecule has 3 rings (SSSR count). The summed E-state index contributed by atoms with van der Waals surface area (Å²) in [6.45, 7) is 6.48. The van der Waals surface area contributed by atoms with Crippen molar-refractivity contribution in [2.75, 3.05) is 6.54 Å². The number of fused-ring (bicyclic) bond motifs is 3. The summed E-state index contributed by atoms with van der Waals surface area (Å²) in [5.74, 6) is 0.585. The summed E-state index contributed by atoms with van der Waals surface area (Å²) in [5.41, 5.74) is 3.63. The minimum absolute atomic E-state index is 0.148. The van der Waals surface area contributed by atoms with E-state index >= 15 is 0 Å². The molecule has 102 valence electrons. The van der Waals surface area contributed by atoms with Gasteiger partial charge in [0.15, 0.2) is 5.78 Å². The molecule has 0 atom stereocenters. The number of nitrogens with zero attached hydrogens (tertiary/aromatic N) is 1. The Morgan fingerprint density at radius 3 is 3.00 bits per heavy atom. The van der Waals surface area contributed by atoms with E-state index < -0.39 is 0 Å². The van der Waals surface area contributed by atoms with Crippen LogP contribution >= 0.6 is 0 Å². The second kappa shape index (κ2) is 4.63. The number of carbonyl (C=O) groups is 2. The first-order valence-electron chi connectivity index (χ1n) is 6.76. The van der Waals surface area contributed by atoms with Gasteiger partial charge in [-0.1, -0.05) is 31.7 Å². The van der Waals surface area contributed by atoms with E-state index in [1.165, 1.54) is 0 Å². The van der Waals surface area contributed by atoms with E-state index in [9.17, 15) is 9.59 Å². The van der Waals surface area contributed by atoms with Crippen molar-refractivity contribution < 1.29 is 9.59 Å². The molecular weight excluding hydrogens is 252 g/mol. The van der Waals surface area contributed by atoms with E-state index in [0.717, 1.165) is 35.4 Å². The van der Waals surface area contributed by atoms with Crippen LogP contribution in [-0.2, 0) is 11.2 Å². The Balaban J connectivity index is 2.16. The molecule has 0 saturated heterocycles. The zero-order valence-electron chi connectivity index (χ0n) is 11.4. The van der Waals surface area contributed by atoms with Crippen LogP contribution < -0.4 is 5.32 Å². The first-order valence-corrected chi connectivity index (χ1v) is 6.76. The number of rotatable bonds is 2. The second-order valence-electron chi connectivity index (χ2n) is 4.98. The van der Waals surface area contributed by atoms with Crippen LogP contribution in [-0.4, -0.2) is 23.1 Å². The van der Waals surface area contributed by atoms with Gasteiger partial charge in [-0.3, -0.25) is 9.59 Å². The molecule has 1 aromatic carbocycles. The smallest absolute Gasteiger partial charge is 0.251 e. The molecule has 2 heterocycles. The Morgan fingerprint density at radius 1 is 1.45 bits per heavy atom. The lowest BCUT2D eigenvalue weighted by Crippen LogP contribution is -2.41. The van der Waals surface area contributed by atoms with Gasteiger partial charge in [-0.05, 0) is 12.0 Å². The Hall–Kier alpha value is -2.36. The average molecular weight is 268 g/mol. The van der Waals surface area contributed by atoms with Crippen molar-refractivity contribution in [2.45, 2.75) is 19.8 Å². The highest BCUT2D eigenvalue weighted by molar-refractivity contribution is 6.02. The predicted octanol–water partition coefficient (Wildman–Crippen LogP) is 2.08. The number of Topliss-reactive ketones (excluding diaryl/α,β-unsaturated/α-hetero) is 1. The van der Waals surface area contributed by atoms with Gasteiger partial charge in [0.05, 0.1) is 5.70 Å². The van der Waals surface area contributed by atoms with Crippen molar-refractivity contribution >= 4 is 17.4 Å². The van der Waals surface area contributed by atoms with Crippen LogP contribution in [0.1, 0.15) is 34.8 Å². The van der Waals surface area contributed by atoms with Gasteiger partial charge >= 0.3 is 0 Å². The SMILES string of the molecule is C=C1NC(=O)C=C2c3cccc(C(=O)CC)c3CCN12. The summed E-state index contributed by atoms with van der Waals surface area (Å²) < 4.78 is 0. The van der Waals surface area contributed by atoms with Gasteiger partial charge in [-0.15, -0.1) is 0 Å². The number of nitrogens with one attached hydrogen (secondary N) is 1. The normalized spacial score (nSPS) is 17.1. The predicted molar refractivity (Wildman–Crippen MR) is 76.7 cm³/mol. The number of hydrogen-bond acceptors (Lipinski definition) is 3.